The van der Waals surface area contributed by atoms with Crippen LogP contribution in [0.4, 0.5) is 0 Å². The Balaban J connectivity index is 1.81. The number of aromatic nitrogens is 4. The highest BCUT2D eigenvalue weighted by Crippen LogP contribution is 2.36. The summed E-state index contributed by atoms with van der Waals surface area (Å²) in [7, 11) is 3.72. The number of hydrogen-bond acceptors (Lipinski definition) is 4. The van der Waals surface area contributed by atoms with Gasteiger partial charge in [0.1, 0.15) is 0 Å². The van der Waals surface area contributed by atoms with Crippen molar-refractivity contribution in [3.8, 4) is 0 Å². The van der Waals surface area contributed by atoms with E-state index in [1.807, 2.05) is 34.0 Å². The lowest BCUT2D eigenvalue weighted by Gasteiger charge is -2.40. The highest BCUT2D eigenvalue weighted by atomic mass is 16.2. The molecule has 140 valence electrons. The summed E-state index contributed by atoms with van der Waals surface area (Å²) >= 11 is 0. The Kier molecular flexibility index (Phi) is 5.11. The van der Waals surface area contributed by atoms with Crippen molar-refractivity contribution in [1.29, 1.82) is 0 Å². The summed E-state index contributed by atoms with van der Waals surface area (Å²) in [6.07, 6.45) is 4.42. The van der Waals surface area contributed by atoms with E-state index in [1.54, 1.807) is 26.7 Å². The fourth-order valence-electron chi connectivity index (χ4n) is 3.67. The lowest BCUT2D eigenvalue weighted by Crippen LogP contribution is -2.48. The van der Waals surface area contributed by atoms with Gasteiger partial charge in [0, 0.05) is 51.1 Å². The number of piperidine rings is 1. The number of likely N-dealkylation sites (tertiary alicyclic amines) is 1. The van der Waals surface area contributed by atoms with Gasteiger partial charge in [0.25, 0.3) is 0 Å². The second-order valence-electron chi connectivity index (χ2n) is 6.75. The monoisotopic (exact) mass is 358 g/mol. The molecule has 8 nitrogen and oxygen atoms in total. The quantitative estimate of drug-likeness (QED) is 0.867. The minimum absolute atomic E-state index is 0.0367. The molecule has 1 saturated heterocycles. The number of rotatable bonds is 5. The normalized spacial score (nSPS) is 20.5. The first-order valence-corrected chi connectivity index (χ1v) is 8.96. The van der Waals surface area contributed by atoms with E-state index in [1.165, 1.54) is 0 Å². The van der Waals surface area contributed by atoms with Gasteiger partial charge in [-0.3, -0.25) is 19.0 Å². The molecule has 1 aliphatic rings. The minimum atomic E-state index is -0.292. The zero-order chi connectivity index (χ0) is 18.8. The minimum Gasteiger partial charge on any atom is -0.352 e. The number of nitrogens with zero attached hydrogens (tertiary/aromatic N) is 5. The molecule has 0 aromatic carbocycles. The zero-order valence-corrected chi connectivity index (χ0v) is 15.8. The molecule has 26 heavy (non-hydrogen) atoms. The summed E-state index contributed by atoms with van der Waals surface area (Å²) in [5.41, 5.74) is 2.91. The molecule has 0 radical (unpaired) electrons. The smallest absolute Gasteiger partial charge is 0.225 e. The van der Waals surface area contributed by atoms with Gasteiger partial charge in [0.05, 0.1) is 23.9 Å². The molecule has 2 aromatic heterocycles. The van der Waals surface area contributed by atoms with Crippen molar-refractivity contribution in [3.63, 3.8) is 0 Å². The highest BCUT2D eigenvalue weighted by molar-refractivity contribution is 5.84. The predicted octanol–water partition coefficient (Wildman–Crippen LogP) is 1.08. The number of carbonyl (C=O) groups is 2. The van der Waals surface area contributed by atoms with Crippen molar-refractivity contribution in [2.45, 2.75) is 39.3 Å². The molecule has 3 heterocycles. The van der Waals surface area contributed by atoms with E-state index in [0.29, 0.717) is 25.9 Å². The Morgan fingerprint density at radius 3 is 2.65 bits per heavy atom. The summed E-state index contributed by atoms with van der Waals surface area (Å²) in [4.78, 5) is 27.2. The summed E-state index contributed by atoms with van der Waals surface area (Å²) in [6.45, 7) is 4.93. The molecule has 3 rings (SSSR count). The highest BCUT2D eigenvalue weighted by Gasteiger charge is 2.41. The Hall–Kier alpha value is -2.64. The second kappa shape index (κ2) is 7.31. The van der Waals surface area contributed by atoms with Crippen LogP contribution < -0.4 is 5.32 Å². The van der Waals surface area contributed by atoms with Crippen molar-refractivity contribution in [3.05, 3.63) is 35.4 Å². The van der Waals surface area contributed by atoms with Gasteiger partial charge in [0.2, 0.25) is 11.8 Å². The number of aryl methyl sites for hydroxylation is 2. The van der Waals surface area contributed by atoms with Crippen molar-refractivity contribution >= 4 is 11.8 Å². The third-order valence-electron chi connectivity index (χ3n) is 5.34. The SMILES string of the molecule is CCN1C(=O)CC[C@H](C(=O)NCc2cnn(C)c2C)[C@H]1c1ccnn1C. The molecule has 8 heteroatoms. The van der Waals surface area contributed by atoms with Gasteiger partial charge in [-0.05, 0) is 26.3 Å². The van der Waals surface area contributed by atoms with Crippen LogP contribution in [0.3, 0.4) is 0 Å². The Morgan fingerprint density at radius 1 is 1.31 bits per heavy atom. The van der Waals surface area contributed by atoms with Crippen LogP contribution in [-0.4, -0.2) is 42.8 Å². The molecule has 2 atom stereocenters. The Morgan fingerprint density at radius 2 is 2.08 bits per heavy atom. The molecule has 2 aromatic rings. The standard InChI is InChI=1S/C18H26N6O2/c1-5-24-16(25)7-6-14(17(24)15-8-9-20-23(15)4)18(26)19-10-13-11-21-22(3)12(13)2/h8-9,11,14,17H,5-7,10H2,1-4H3,(H,19,26)/t14-,17-/m0/s1. The van der Waals surface area contributed by atoms with E-state index in [0.717, 1.165) is 17.0 Å². The molecule has 1 fully saturated rings. The van der Waals surface area contributed by atoms with Gasteiger partial charge >= 0.3 is 0 Å². The van der Waals surface area contributed by atoms with E-state index in [-0.39, 0.29) is 23.8 Å². The predicted molar refractivity (Wildman–Crippen MR) is 95.9 cm³/mol. The van der Waals surface area contributed by atoms with Gasteiger partial charge < -0.3 is 10.2 Å². The van der Waals surface area contributed by atoms with Crippen LogP contribution in [0.25, 0.3) is 0 Å². The van der Waals surface area contributed by atoms with E-state index in [2.05, 4.69) is 15.5 Å². The number of hydrogen-bond donors (Lipinski definition) is 1. The zero-order valence-electron chi connectivity index (χ0n) is 15.8. The number of nitrogens with one attached hydrogen (secondary N) is 1. The molecule has 1 N–H and O–H groups in total. The average molecular weight is 358 g/mol. The average Bonchev–Trinajstić information content (AvgIpc) is 3.18. The van der Waals surface area contributed by atoms with E-state index >= 15 is 0 Å². The van der Waals surface area contributed by atoms with E-state index in [9.17, 15) is 9.59 Å². The van der Waals surface area contributed by atoms with Crippen molar-refractivity contribution in [2.24, 2.45) is 20.0 Å². The molecule has 2 amide bonds. The van der Waals surface area contributed by atoms with Gasteiger partial charge in [0.15, 0.2) is 0 Å². The maximum atomic E-state index is 13.0. The van der Waals surface area contributed by atoms with Gasteiger partial charge in [-0.1, -0.05) is 0 Å². The van der Waals surface area contributed by atoms with Crippen molar-refractivity contribution < 1.29 is 9.59 Å². The van der Waals surface area contributed by atoms with Crippen LogP contribution in [0.5, 0.6) is 0 Å². The van der Waals surface area contributed by atoms with Crippen molar-refractivity contribution in [2.75, 3.05) is 6.54 Å². The molecular weight excluding hydrogens is 332 g/mol. The van der Waals surface area contributed by atoms with Crippen LogP contribution in [0.15, 0.2) is 18.5 Å². The number of amides is 2. The fourth-order valence-corrected chi connectivity index (χ4v) is 3.67. The molecule has 0 saturated carbocycles. The third kappa shape index (κ3) is 3.23. The molecule has 0 aliphatic carbocycles. The number of carbonyl (C=O) groups excluding carboxylic acids is 2. The molecule has 0 bridgehead atoms. The van der Waals surface area contributed by atoms with Crippen LogP contribution in [0.1, 0.15) is 42.8 Å². The Bertz CT molecular complexity index is 808. The topological polar surface area (TPSA) is 85.1 Å². The van der Waals surface area contributed by atoms with Crippen molar-refractivity contribution in [1.82, 2.24) is 29.8 Å². The van der Waals surface area contributed by atoms with E-state index in [4.69, 9.17) is 0 Å². The van der Waals surface area contributed by atoms with Crippen LogP contribution in [-0.2, 0) is 30.2 Å². The molecule has 0 unspecified atom stereocenters. The van der Waals surface area contributed by atoms with E-state index < -0.39 is 0 Å². The lowest BCUT2D eigenvalue weighted by molar-refractivity contribution is -0.143. The first-order valence-electron chi connectivity index (χ1n) is 8.96. The maximum Gasteiger partial charge on any atom is 0.225 e. The molecule has 0 spiro atoms. The molecular formula is C18H26N6O2. The maximum absolute atomic E-state index is 13.0. The second-order valence-corrected chi connectivity index (χ2v) is 6.75. The lowest BCUT2D eigenvalue weighted by atomic mass is 9.85. The first kappa shape index (κ1) is 18.2. The van der Waals surface area contributed by atoms with Crippen LogP contribution >= 0.6 is 0 Å². The Labute approximate surface area is 153 Å². The first-order chi connectivity index (χ1) is 12.4. The van der Waals surface area contributed by atoms with Gasteiger partial charge in [-0.25, -0.2) is 0 Å². The summed E-state index contributed by atoms with van der Waals surface area (Å²) in [5.74, 6) is -0.240. The summed E-state index contributed by atoms with van der Waals surface area (Å²) in [6, 6.07) is 1.60. The summed E-state index contributed by atoms with van der Waals surface area (Å²) < 4.78 is 3.54. The largest absolute Gasteiger partial charge is 0.352 e. The third-order valence-corrected chi connectivity index (χ3v) is 5.34. The molecule has 1 aliphatic heterocycles. The fraction of sp³-hybridized carbons (Fsp3) is 0.556. The van der Waals surface area contributed by atoms with Crippen LogP contribution in [0.2, 0.25) is 0 Å². The van der Waals surface area contributed by atoms with Gasteiger partial charge in [-0.2, -0.15) is 10.2 Å². The van der Waals surface area contributed by atoms with Crippen LogP contribution in [0, 0.1) is 12.8 Å². The van der Waals surface area contributed by atoms with Gasteiger partial charge in [-0.15, -0.1) is 0 Å². The summed E-state index contributed by atoms with van der Waals surface area (Å²) in [5, 5.41) is 11.5.